The Bertz CT molecular complexity index is 740. The Morgan fingerprint density at radius 1 is 1.31 bits per heavy atom. The predicted octanol–water partition coefficient (Wildman–Crippen LogP) is 3.79. The van der Waals surface area contributed by atoms with Crippen LogP contribution in [-0.2, 0) is 6.54 Å². The van der Waals surface area contributed by atoms with Gasteiger partial charge in [0, 0.05) is 23.7 Å². The van der Waals surface area contributed by atoms with E-state index in [2.05, 4.69) is 22.1 Å². The maximum Gasteiger partial charge on any atom is 0.265 e. The maximum atomic E-state index is 12.7. The van der Waals surface area contributed by atoms with Crippen LogP contribution in [0.1, 0.15) is 41.4 Å². The van der Waals surface area contributed by atoms with Crippen molar-refractivity contribution in [2.45, 2.75) is 38.8 Å². The Labute approximate surface area is 158 Å². The van der Waals surface area contributed by atoms with Crippen LogP contribution in [-0.4, -0.2) is 42.6 Å². The van der Waals surface area contributed by atoms with Crippen molar-refractivity contribution in [3.05, 3.63) is 34.8 Å². The molecule has 1 unspecified atom stereocenters. The second-order valence-corrected chi connectivity index (χ2v) is 7.55. The fourth-order valence-corrected chi connectivity index (χ4v) is 4.10. The van der Waals surface area contributed by atoms with Crippen LogP contribution >= 0.6 is 11.3 Å². The van der Waals surface area contributed by atoms with Crippen LogP contribution in [0.5, 0.6) is 11.5 Å². The zero-order valence-electron chi connectivity index (χ0n) is 15.4. The smallest absolute Gasteiger partial charge is 0.265 e. The van der Waals surface area contributed by atoms with E-state index in [1.165, 1.54) is 44.8 Å². The fourth-order valence-electron chi connectivity index (χ4n) is 3.27. The average Bonchev–Trinajstić information content (AvgIpc) is 3.09. The van der Waals surface area contributed by atoms with E-state index in [0.717, 1.165) is 18.0 Å². The van der Waals surface area contributed by atoms with Gasteiger partial charge in [0.1, 0.15) is 17.1 Å². The maximum absolute atomic E-state index is 12.7. The highest BCUT2D eigenvalue weighted by Gasteiger charge is 2.21. The Morgan fingerprint density at radius 2 is 2.04 bits per heavy atom. The number of thiazole rings is 1. The molecule has 140 valence electrons. The molecule has 0 radical (unpaired) electrons. The van der Waals surface area contributed by atoms with E-state index in [4.69, 9.17) is 9.47 Å². The summed E-state index contributed by atoms with van der Waals surface area (Å²) in [5, 5.41) is 3.45. The summed E-state index contributed by atoms with van der Waals surface area (Å²) in [7, 11) is 3.07. The van der Waals surface area contributed by atoms with E-state index >= 15 is 0 Å². The van der Waals surface area contributed by atoms with E-state index < -0.39 is 0 Å². The van der Waals surface area contributed by atoms with Crippen molar-refractivity contribution >= 4 is 22.4 Å². The first kappa shape index (κ1) is 18.7. The van der Waals surface area contributed by atoms with Gasteiger partial charge in [-0.1, -0.05) is 12.5 Å². The second kappa shape index (κ2) is 8.51. The number of amides is 1. The standard InChI is InChI=1S/C19H25N3O3S/c1-13-7-4-5-10-22(13)12-14-11-20-19(26-14)21-18(23)17-15(24-2)8-6-9-16(17)25-3/h6,8-9,11,13H,4-5,7,10,12H2,1-3H3,(H,20,21,23). The summed E-state index contributed by atoms with van der Waals surface area (Å²) in [5.41, 5.74) is 0.374. The van der Waals surface area contributed by atoms with Crippen molar-refractivity contribution in [2.24, 2.45) is 0 Å². The van der Waals surface area contributed by atoms with Crippen LogP contribution in [0.3, 0.4) is 0 Å². The minimum Gasteiger partial charge on any atom is -0.496 e. The summed E-state index contributed by atoms with van der Waals surface area (Å²) in [5.74, 6) is 0.660. The van der Waals surface area contributed by atoms with Crippen molar-refractivity contribution in [1.29, 1.82) is 0 Å². The van der Waals surface area contributed by atoms with Crippen LogP contribution in [0.15, 0.2) is 24.4 Å². The number of likely N-dealkylation sites (tertiary alicyclic amines) is 1. The van der Waals surface area contributed by atoms with Gasteiger partial charge in [-0.25, -0.2) is 4.98 Å². The fraction of sp³-hybridized carbons (Fsp3) is 0.474. The molecule has 1 aliphatic heterocycles. The number of piperidine rings is 1. The number of hydrogen-bond donors (Lipinski definition) is 1. The number of nitrogens with one attached hydrogen (secondary N) is 1. The lowest BCUT2D eigenvalue weighted by Gasteiger charge is -2.32. The quantitative estimate of drug-likeness (QED) is 0.832. The number of carbonyl (C=O) groups is 1. The summed E-state index contributed by atoms with van der Waals surface area (Å²) in [6.45, 7) is 4.28. The number of benzene rings is 1. The van der Waals surface area contributed by atoms with Crippen molar-refractivity contribution in [3.63, 3.8) is 0 Å². The third kappa shape index (κ3) is 4.16. The molecule has 0 bridgehead atoms. The SMILES string of the molecule is COc1cccc(OC)c1C(=O)Nc1ncc(CN2CCCCC2C)s1. The van der Waals surface area contributed by atoms with Crippen molar-refractivity contribution in [3.8, 4) is 11.5 Å². The first-order valence-corrected chi connectivity index (χ1v) is 9.65. The lowest BCUT2D eigenvalue weighted by Crippen LogP contribution is -2.36. The summed E-state index contributed by atoms with van der Waals surface area (Å²) < 4.78 is 10.6. The van der Waals surface area contributed by atoms with Crippen molar-refractivity contribution in [2.75, 3.05) is 26.1 Å². The van der Waals surface area contributed by atoms with Gasteiger partial charge in [-0.2, -0.15) is 0 Å². The van der Waals surface area contributed by atoms with E-state index in [1.807, 2.05) is 6.20 Å². The number of rotatable bonds is 6. The molecule has 1 amide bonds. The van der Waals surface area contributed by atoms with Crippen LogP contribution in [0.4, 0.5) is 5.13 Å². The molecule has 1 N–H and O–H groups in total. The second-order valence-electron chi connectivity index (χ2n) is 6.44. The number of anilines is 1. The van der Waals surface area contributed by atoms with Crippen LogP contribution in [0, 0.1) is 0 Å². The number of carbonyl (C=O) groups excluding carboxylic acids is 1. The van der Waals surface area contributed by atoms with Gasteiger partial charge in [-0.15, -0.1) is 11.3 Å². The zero-order valence-corrected chi connectivity index (χ0v) is 16.3. The van der Waals surface area contributed by atoms with Gasteiger partial charge in [0.2, 0.25) is 0 Å². The van der Waals surface area contributed by atoms with Crippen LogP contribution in [0.25, 0.3) is 0 Å². The number of ether oxygens (including phenoxy) is 2. The molecule has 1 aromatic carbocycles. The molecule has 26 heavy (non-hydrogen) atoms. The van der Waals surface area contributed by atoms with Gasteiger partial charge < -0.3 is 9.47 Å². The highest BCUT2D eigenvalue weighted by atomic mass is 32.1. The largest absolute Gasteiger partial charge is 0.496 e. The Morgan fingerprint density at radius 3 is 2.69 bits per heavy atom. The van der Waals surface area contributed by atoms with Gasteiger partial charge in [0.25, 0.3) is 5.91 Å². The molecule has 0 aliphatic carbocycles. The van der Waals surface area contributed by atoms with Crippen LogP contribution in [0.2, 0.25) is 0 Å². The molecule has 7 heteroatoms. The molecular weight excluding hydrogens is 350 g/mol. The number of nitrogens with zero attached hydrogens (tertiary/aromatic N) is 2. The molecule has 3 rings (SSSR count). The molecule has 1 saturated heterocycles. The highest BCUT2D eigenvalue weighted by molar-refractivity contribution is 7.15. The lowest BCUT2D eigenvalue weighted by atomic mass is 10.0. The minimum absolute atomic E-state index is 0.286. The van der Waals surface area contributed by atoms with Gasteiger partial charge in [-0.05, 0) is 38.4 Å². The third-order valence-corrected chi connectivity index (χ3v) is 5.63. The number of hydrogen-bond acceptors (Lipinski definition) is 6. The Kier molecular flexibility index (Phi) is 6.11. The van der Waals surface area contributed by atoms with Gasteiger partial charge in [0.15, 0.2) is 5.13 Å². The lowest BCUT2D eigenvalue weighted by molar-refractivity contribution is 0.102. The monoisotopic (exact) mass is 375 g/mol. The molecule has 2 aromatic rings. The van der Waals surface area contributed by atoms with Gasteiger partial charge in [0.05, 0.1) is 14.2 Å². The van der Waals surface area contributed by atoms with Crippen molar-refractivity contribution < 1.29 is 14.3 Å². The minimum atomic E-state index is -0.286. The molecular formula is C19H25N3O3S. The van der Waals surface area contributed by atoms with Gasteiger partial charge in [-0.3, -0.25) is 15.0 Å². The molecule has 6 nitrogen and oxygen atoms in total. The first-order valence-electron chi connectivity index (χ1n) is 8.83. The summed E-state index contributed by atoms with van der Waals surface area (Å²) in [6.07, 6.45) is 5.65. The summed E-state index contributed by atoms with van der Waals surface area (Å²) in [4.78, 5) is 20.7. The van der Waals surface area contributed by atoms with E-state index in [1.54, 1.807) is 18.2 Å². The van der Waals surface area contributed by atoms with Crippen molar-refractivity contribution in [1.82, 2.24) is 9.88 Å². The Hall–Kier alpha value is -2.12. The van der Waals surface area contributed by atoms with E-state index in [9.17, 15) is 4.79 Å². The zero-order chi connectivity index (χ0) is 18.5. The Balaban J connectivity index is 1.70. The summed E-state index contributed by atoms with van der Waals surface area (Å²) in [6, 6.07) is 5.86. The average molecular weight is 375 g/mol. The topological polar surface area (TPSA) is 63.7 Å². The molecule has 1 fully saturated rings. The van der Waals surface area contributed by atoms with E-state index in [-0.39, 0.29) is 5.91 Å². The molecule has 0 saturated carbocycles. The van der Waals surface area contributed by atoms with Gasteiger partial charge >= 0.3 is 0 Å². The molecule has 0 spiro atoms. The molecule has 1 atom stereocenters. The normalized spacial score (nSPS) is 17.7. The first-order chi connectivity index (χ1) is 12.6. The highest BCUT2D eigenvalue weighted by Crippen LogP contribution is 2.30. The molecule has 2 heterocycles. The predicted molar refractivity (Wildman–Crippen MR) is 103 cm³/mol. The molecule has 1 aliphatic rings. The third-order valence-electron chi connectivity index (χ3n) is 4.73. The number of aromatic nitrogens is 1. The van der Waals surface area contributed by atoms with Crippen LogP contribution < -0.4 is 14.8 Å². The summed E-state index contributed by atoms with van der Waals surface area (Å²) >= 11 is 1.51. The number of methoxy groups -OCH3 is 2. The van der Waals surface area contributed by atoms with E-state index in [0.29, 0.717) is 28.2 Å². The molecule has 1 aromatic heterocycles.